The maximum Gasteiger partial charge on any atom is 0.220 e. The zero-order valence-electron chi connectivity index (χ0n) is 14.4. The number of amides is 1. The topological polar surface area (TPSA) is 29.1 Å². The molecule has 1 N–H and O–H groups in total. The number of benzene rings is 2. The van der Waals surface area contributed by atoms with Crippen molar-refractivity contribution in [1.29, 1.82) is 0 Å². The molecule has 0 aromatic heterocycles. The minimum absolute atomic E-state index is 0.0301. The lowest BCUT2D eigenvalue weighted by Gasteiger charge is -2.20. The highest BCUT2D eigenvalue weighted by Crippen LogP contribution is 2.27. The minimum Gasteiger partial charge on any atom is -0.356 e. The summed E-state index contributed by atoms with van der Waals surface area (Å²) in [5.41, 5.74) is 2.62. The van der Waals surface area contributed by atoms with Gasteiger partial charge in [0.25, 0.3) is 0 Å². The van der Waals surface area contributed by atoms with Crippen LogP contribution in [0.25, 0.3) is 0 Å². The van der Waals surface area contributed by atoms with Crippen LogP contribution in [-0.4, -0.2) is 12.5 Å². The Morgan fingerprint density at radius 1 is 0.913 bits per heavy atom. The molecule has 2 heteroatoms. The molecular weight excluding hydrogens is 282 g/mol. The number of hydrogen-bond acceptors (Lipinski definition) is 1. The average molecular weight is 309 g/mol. The van der Waals surface area contributed by atoms with E-state index in [4.69, 9.17) is 0 Å². The molecule has 0 saturated carbocycles. The van der Waals surface area contributed by atoms with Crippen LogP contribution in [0.1, 0.15) is 50.7 Å². The Morgan fingerprint density at radius 2 is 1.39 bits per heavy atom. The van der Waals surface area contributed by atoms with E-state index < -0.39 is 0 Å². The Kier molecular flexibility index (Phi) is 5.97. The summed E-state index contributed by atoms with van der Waals surface area (Å²) in [4.78, 5) is 12.0. The summed E-state index contributed by atoms with van der Waals surface area (Å²) in [7, 11) is 0. The zero-order chi connectivity index (χ0) is 16.7. The Morgan fingerprint density at radius 3 is 1.83 bits per heavy atom. The Bertz CT molecular complexity index is 559. The van der Waals surface area contributed by atoms with Gasteiger partial charge < -0.3 is 5.32 Å². The van der Waals surface area contributed by atoms with Crippen LogP contribution in [0.2, 0.25) is 0 Å². The van der Waals surface area contributed by atoms with E-state index in [0.717, 1.165) is 6.42 Å². The molecule has 0 aliphatic heterocycles. The van der Waals surface area contributed by atoms with E-state index in [2.05, 4.69) is 74.6 Å². The van der Waals surface area contributed by atoms with Crippen LogP contribution in [0.5, 0.6) is 0 Å². The highest BCUT2D eigenvalue weighted by molar-refractivity contribution is 5.76. The van der Waals surface area contributed by atoms with Crippen LogP contribution in [-0.2, 0) is 4.79 Å². The number of rotatable bonds is 6. The second kappa shape index (κ2) is 7.96. The van der Waals surface area contributed by atoms with Gasteiger partial charge in [-0.3, -0.25) is 4.79 Å². The van der Waals surface area contributed by atoms with Gasteiger partial charge in [0.1, 0.15) is 0 Å². The largest absolute Gasteiger partial charge is 0.356 e. The van der Waals surface area contributed by atoms with Crippen molar-refractivity contribution in [3.05, 3.63) is 71.8 Å². The number of carbonyl (C=O) groups excluding carboxylic acids is 1. The zero-order valence-corrected chi connectivity index (χ0v) is 14.4. The molecule has 122 valence electrons. The van der Waals surface area contributed by atoms with Crippen LogP contribution in [0.3, 0.4) is 0 Å². The molecule has 0 aliphatic carbocycles. The van der Waals surface area contributed by atoms with Gasteiger partial charge in [0.15, 0.2) is 0 Å². The molecule has 0 heterocycles. The summed E-state index contributed by atoms with van der Waals surface area (Å²) in [6.45, 7) is 6.96. The van der Waals surface area contributed by atoms with E-state index >= 15 is 0 Å². The third-order valence-electron chi connectivity index (χ3n) is 3.85. The lowest BCUT2D eigenvalue weighted by atomic mass is 9.88. The normalized spacial score (nSPS) is 11.5. The molecule has 0 atom stereocenters. The van der Waals surface area contributed by atoms with Crippen molar-refractivity contribution in [2.75, 3.05) is 6.54 Å². The molecule has 2 nitrogen and oxygen atoms in total. The lowest BCUT2D eigenvalue weighted by Crippen LogP contribution is -2.29. The first-order chi connectivity index (χ1) is 11.0. The van der Waals surface area contributed by atoms with Gasteiger partial charge in [-0.15, -0.1) is 0 Å². The van der Waals surface area contributed by atoms with Gasteiger partial charge >= 0.3 is 0 Å². The highest BCUT2D eigenvalue weighted by Gasteiger charge is 2.17. The summed E-state index contributed by atoms with van der Waals surface area (Å²) >= 11 is 0. The highest BCUT2D eigenvalue weighted by atomic mass is 16.1. The van der Waals surface area contributed by atoms with Crippen molar-refractivity contribution in [2.24, 2.45) is 5.41 Å². The van der Waals surface area contributed by atoms with Crippen molar-refractivity contribution < 1.29 is 4.79 Å². The standard InChI is InChI=1S/C21H27NO/c1-21(2,3)16-20(23)22-15-14-19(17-10-6-4-7-11-17)18-12-8-5-9-13-18/h4-13,19H,14-16H2,1-3H3,(H,22,23). The summed E-state index contributed by atoms with van der Waals surface area (Å²) in [6, 6.07) is 21.0. The fraction of sp³-hybridized carbons (Fsp3) is 0.381. The molecule has 0 unspecified atom stereocenters. The van der Waals surface area contributed by atoms with Crippen molar-refractivity contribution in [1.82, 2.24) is 5.32 Å². The van der Waals surface area contributed by atoms with Crippen LogP contribution < -0.4 is 5.32 Å². The van der Waals surface area contributed by atoms with Crippen LogP contribution in [0.4, 0.5) is 0 Å². The SMILES string of the molecule is CC(C)(C)CC(=O)NCCC(c1ccccc1)c1ccccc1. The van der Waals surface area contributed by atoms with Gasteiger partial charge in [0, 0.05) is 18.9 Å². The Balaban J connectivity index is 2.01. The first-order valence-corrected chi connectivity index (χ1v) is 8.32. The maximum absolute atomic E-state index is 12.0. The Labute approximate surface area is 139 Å². The third-order valence-corrected chi connectivity index (χ3v) is 3.85. The minimum atomic E-state index is 0.0301. The summed E-state index contributed by atoms with van der Waals surface area (Å²) in [5, 5.41) is 3.07. The first-order valence-electron chi connectivity index (χ1n) is 8.32. The smallest absolute Gasteiger partial charge is 0.220 e. The maximum atomic E-state index is 12.0. The first kappa shape index (κ1) is 17.3. The predicted molar refractivity (Wildman–Crippen MR) is 96.4 cm³/mol. The van der Waals surface area contributed by atoms with Gasteiger partial charge in [-0.05, 0) is 23.0 Å². The fourth-order valence-corrected chi connectivity index (χ4v) is 2.80. The molecular formula is C21H27NO. The lowest BCUT2D eigenvalue weighted by molar-refractivity contribution is -0.122. The van der Waals surface area contributed by atoms with Crippen molar-refractivity contribution in [2.45, 2.75) is 39.5 Å². The van der Waals surface area contributed by atoms with E-state index in [1.807, 2.05) is 12.1 Å². The van der Waals surface area contributed by atoms with Crippen molar-refractivity contribution in [3.8, 4) is 0 Å². The van der Waals surface area contributed by atoms with Gasteiger partial charge in [-0.2, -0.15) is 0 Å². The van der Waals surface area contributed by atoms with E-state index in [0.29, 0.717) is 18.9 Å². The summed E-state index contributed by atoms with van der Waals surface area (Å²) in [6.07, 6.45) is 1.47. The predicted octanol–water partition coefficient (Wildman–Crippen LogP) is 4.76. The van der Waals surface area contributed by atoms with Gasteiger partial charge in [-0.1, -0.05) is 81.4 Å². The molecule has 0 spiro atoms. The molecule has 23 heavy (non-hydrogen) atoms. The van der Waals surface area contributed by atoms with E-state index in [9.17, 15) is 4.79 Å². The van der Waals surface area contributed by atoms with Gasteiger partial charge in [0.05, 0.1) is 0 Å². The molecule has 1 amide bonds. The third kappa shape index (κ3) is 5.90. The fourth-order valence-electron chi connectivity index (χ4n) is 2.80. The monoisotopic (exact) mass is 309 g/mol. The second-order valence-electron chi connectivity index (χ2n) is 7.25. The van der Waals surface area contributed by atoms with Crippen molar-refractivity contribution in [3.63, 3.8) is 0 Å². The second-order valence-corrected chi connectivity index (χ2v) is 7.25. The molecule has 2 aromatic rings. The molecule has 2 aromatic carbocycles. The molecule has 0 fully saturated rings. The molecule has 0 aliphatic rings. The molecule has 2 rings (SSSR count). The summed E-state index contributed by atoms with van der Waals surface area (Å²) < 4.78 is 0. The number of hydrogen-bond donors (Lipinski definition) is 1. The number of nitrogens with one attached hydrogen (secondary N) is 1. The quantitative estimate of drug-likeness (QED) is 0.819. The molecule has 0 radical (unpaired) electrons. The van der Waals surface area contributed by atoms with Gasteiger partial charge in [0.2, 0.25) is 5.91 Å². The van der Waals surface area contributed by atoms with Gasteiger partial charge in [-0.25, -0.2) is 0 Å². The Hall–Kier alpha value is -2.09. The van der Waals surface area contributed by atoms with E-state index in [1.165, 1.54) is 11.1 Å². The summed E-state index contributed by atoms with van der Waals surface area (Å²) in [5.74, 6) is 0.449. The van der Waals surface area contributed by atoms with E-state index in [1.54, 1.807) is 0 Å². The average Bonchev–Trinajstić information content (AvgIpc) is 2.51. The van der Waals surface area contributed by atoms with Crippen LogP contribution in [0, 0.1) is 5.41 Å². The molecule has 0 saturated heterocycles. The van der Waals surface area contributed by atoms with Crippen LogP contribution in [0.15, 0.2) is 60.7 Å². The van der Waals surface area contributed by atoms with E-state index in [-0.39, 0.29) is 11.3 Å². The number of carbonyl (C=O) groups is 1. The van der Waals surface area contributed by atoms with Crippen LogP contribution >= 0.6 is 0 Å². The van der Waals surface area contributed by atoms with Crippen molar-refractivity contribution >= 4 is 5.91 Å². The molecule has 0 bridgehead atoms.